The van der Waals surface area contributed by atoms with Crippen molar-refractivity contribution in [3.8, 4) is 0 Å². The summed E-state index contributed by atoms with van der Waals surface area (Å²) in [6.45, 7) is 0.671. The number of hydrogen-bond donors (Lipinski definition) is 1. The van der Waals surface area contributed by atoms with E-state index in [-0.39, 0.29) is 34.6 Å². The van der Waals surface area contributed by atoms with Gasteiger partial charge in [-0.1, -0.05) is 79.7 Å². The number of halogens is 5. The SMILES string of the molecule is CC[C@H](C(=O)NC1CCCCC1)N(Cc1ccc(Cl)cc1Cl)C(=O)CN(c1cccc(C(F)(F)F)c1)S(=O)(=O)c1ccccc1. The second kappa shape index (κ2) is 14.9. The Morgan fingerprint density at radius 1 is 0.956 bits per heavy atom. The van der Waals surface area contributed by atoms with Crippen LogP contribution in [0.15, 0.2) is 77.7 Å². The molecule has 0 spiro atoms. The number of benzene rings is 3. The summed E-state index contributed by atoms with van der Waals surface area (Å²) < 4.78 is 69.5. The third-order valence-electron chi connectivity index (χ3n) is 7.76. The van der Waals surface area contributed by atoms with Crippen molar-refractivity contribution < 1.29 is 31.2 Å². The molecule has 3 aromatic carbocycles. The second-order valence-corrected chi connectivity index (χ2v) is 13.6. The maximum Gasteiger partial charge on any atom is 0.416 e. The highest BCUT2D eigenvalue weighted by Crippen LogP contribution is 2.34. The molecule has 0 aromatic heterocycles. The van der Waals surface area contributed by atoms with Crippen LogP contribution in [0.3, 0.4) is 0 Å². The number of sulfonamides is 1. The molecule has 1 saturated carbocycles. The monoisotopic (exact) mass is 683 g/mol. The molecule has 0 aliphatic heterocycles. The van der Waals surface area contributed by atoms with E-state index >= 15 is 0 Å². The zero-order chi connectivity index (χ0) is 32.8. The van der Waals surface area contributed by atoms with Gasteiger partial charge in [0, 0.05) is 22.6 Å². The molecule has 242 valence electrons. The Morgan fingerprint density at radius 3 is 2.27 bits per heavy atom. The van der Waals surface area contributed by atoms with Crippen molar-refractivity contribution in [3.05, 3.63) is 94.0 Å². The van der Waals surface area contributed by atoms with Crippen LogP contribution in [0.25, 0.3) is 0 Å². The Morgan fingerprint density at radius 2 is 1.64 bits per heavy atom. The lowest BCUT2D eigenvalue weighted by Crippen LogP contribution is -2.54. The third kappa shape index (κ3) is 8.71. The average molecular weight is 685 g/mol. The smallest absolute Gasteiger partial charge is 0.352 e. The van der Waals surface area contributed by atoms with Crippen LogP contribution in [0, 0.1) is 0 Å². The Balaban J connectivity index is 1.76. The van der Waals surface area contributed by atoms with Crippen LogP contribution < -0.4 is 9.62 Å². The molecule has 4 rings (SSSR count). The fraction of sp³-hybridized carbons (Fsp3) is 0.375. The maximum absolute atomic E-state index is 14.2. The van der Waals surface area contributed by atoms with Crippen molar-refractivity contribution in [2.75, 3.05) is 10.8 Å². The van der Waals surface area contributed by atoms with Crippen LogP contribution in [0.1, 0.15) is 56.6 Å². The summed E-state index contributed by atoms with van der Waals surface area (Å²) in [6, 6.07) is 14.5. The van der Waals surface area contributed by atoms with Crippen molar-refractivity contribution in [1.82, 2.24) is 10.2 Å². The largest absolute Gasteiger partial charge is 0.416 e. The number of alkyl halides is 3. The molecule has 3 aromatic rings. The van der Waals surface area contributed by atoms with E-state index < -0.39 is 46.2 Å². The molecule has 2 amide bonds. The van der Waals surface area contributed by atoms with Crippen LogP contribution >= 0.6 is 23.2 Å². The molecule has 1 aliphatic rings. The molecule has 0 radical (unpaired) electrons. The van der Waals surface area contributed by atoms with E-state index in [1.807, 2.05) is 0 Å². The van der Waals surface area contributed by atoms with Crippen molar-refractivity contribution in [2.45, 2.75) is 75.1 Å². The van der Waals surface area contributed by atoms with Crippen molar-refractivity contribution in [2.24, 2.45) is 0 Å². The van der Waals surface area contributed by atoms with Crippen LogP contribution in [0.5, 0.6) is 0 Å². The van der Waals surface area contributed by atoms with E-state index in [9.17, 15) is 31.2 Å². The van der Waals surface area contributed by atoms with Gasteiger partial charge >= 0.3 is 6.18 Å². The summed E-state index contributed by atoms with van der Waals surface area (Å²) in [5.74, 6) is -1.21. The summed E-state index contributed by atoms with van der Waals surface area (Å²) in [5.41, 5.74) is -0.982. The lowest BCUT2D eigenvalue weighted by molar-refractivity contribution is -0.140. The van der Waals surface area contributed by atoms with E-state index in [1.165, 1.54) is 41.3 Å². The van der Waals surface area contributed by atoms with Gasteiger partial charge in [0.05, 0.1) is 16.1 Å². The molecule has 13 heteroatoms. The Labute approximate surface area is 271 Å². The third-order valence-corrected chi connectivity index (χ3v) is 10.1. The van der Waals surface area contributed by atoms with Gasteiger partial charge in [-0.2, -0.15) is 13.2 Å². The van der Waals surface area contributed by atoms with Gasteiger partial charge in [0.15, 0.2) is 0 Å². The van der Waals surface area contributed by atoms with Gasteiger partial charge in [-0.25, -0.2) is 8.42 Å². The first-order chi connectivity index (χ1) is 21.3. The average Bonchev–Trinajstić information content (AvgIpc) is 3.01. The summed E-state index contributed by atoms with van der Waals surface area (Å²) >= 11 is 12.5. The fourth-order valence-corrected chi connectivity index (χ4v) is 7.28. The van der Waals surface area contributed by atoms with Gasteiger partial charge in [-0.3, -0.25) is 13.9 Å². The lowest BCUT2D eigenvalue weighted by atomic mass is 9.95. The molecule has 0 heterocycles. The number of nitrogens with one attached hydrogen (secondary N) is 1. The standard InChI is InChI=1S/C32H34Cl2F3N3O4S/c1-2-29(31(42)38-25-11-5-3-6-12-25)39(20-22-16-17-24(33)19-28(22)34)30(41)21-40(45(43,44)27-14-7-4-8-15-27)26-13-9-10-23(18-26)32(35,36)37/h4,7-10,13-19,25,29H,2-3,5-6,11-12,20-21H2,1H3,(H,38,42)/t29-/m1/s1. The van der Waals surface area contributed by atoms with Gasteiger partial charge in [-0.05, 0) is 67.3 Å². The molecule has 1 fully saturated rings. The molecular formula is C32H34Cl2F3N3O4S. The number of carbonyl (C=O) groups excluding carboxylic acids is 2. The van der Waals surface area contributed by atoms with Gasteiger partial charge in [0.1, 0.15) is 12.6 Å². The lowest BCUT2D eigenvalue weighted by Gasteiger charge is -2.34. The first-order valence-corrected chi connectivity index (χ1v) is 16.8. The number of amides is 2. The number of nitrogens with zero attached hydrogens (tertiary/aromatic N) is 2. The normalized spacial score (nSPS) is 14.9. The molecule has 0 bridgehead atoms. The van der Waals surface area contributed by atoms with Crippen LogP contribution in [0.4, 0.5) is 18.9 Å². The Bertz CT molecular complexity index is 1600. The van der Waals surface area contributed by atoms with Crippen LogP contribution in [-0.2, 0) is 32.3 Å². The summed E-state index contributed by atoms with van der Waals surface area (Å²) in [6.07, 6.45) is 0.0385. The minimum Gasteiger partial charge on any atom is -0.352 e. The molecule has 1 aliphatic carbocycles. The number of carbonyl (C=O) groups is 2. The van der Waals surface area contributed by atoms with E-state index in [1.54, 1.807) is 25.1 Å². The number of anilines is 1. The predicted molar refractivity (Wildman–Crippen MR) is 169 cm³/mol. The van der Waals surface area contributed by atoms with E-state index in [0.717, 1.165) is 44.2 Å². The van der Waals surface area contributed by atoms with Crippen LogP contribution in [0.2, 0.25) is 10.0 Å². The highest BCUT2D eigenvalue weighted by atomic mass is 35.5. The van der Waals surface area contributed by atoms with Gasteiger partial charge in [0.25, 0.3) is 10.0 Å². The summed E-state index contributed by atoms with van der Waals surface area (Å²) in [5, 5.41) is 3.62. The highest BCUT2D eigenvalue weighted by molar-refractivity contribution is 7.92. The summed E-state index contributed by atoms with van der Waals surface area (Å²) in [7, 11) is -4.53. The van der Waals surface area contributed by atoms with Gasteiger partial charge in [-0.15, -0.1) is 0 Å². The van der Waals surface area contributed by atoms with Gasteiger partial charge in [0.2, 0.25) is 11.8 Å². The Kier molecular flexibility index (Phi) is 11.4. The van der Waals surface area contributed by atoms with E-state index in [0.29, 0.717) is 21.0 Å². The number of rotatable bonds is 11. The molecule has 0 unspecified atom stereocenters. The minimum atomic E-state index is -4.76. The van der Waals surface area contributed by atoms with Crippen LogP contribution in [-0.4, -0.2) is 43.8 Å². The van der Waals surface area contributed by atoms with E-state index in [2.05, 4.69) is 5.32 Å². The first kappa shape index (κ1) is 34.6. The Hall–Kier alpha value is -3.28. The zero-order valence-electron chi connectivity index (χ0n) is 24.6. The molecule has 7 nitrogen and oxygen atoms in total. The molecule has 1 N–H and O–H groups in total. The number of hydrogen-bond acceptors (Lipinski definition) is 4. The molecule has 45 heavy (non-hydrogen) atoms. The molecule has 1 atom stereocenters. The highest BCUT2D eigenvalue weighted by Gasteiger charge is 2.36. The second-order valence-electron chi connectivity index (χ2n) is 10.9. The predicted octanol–water partition coefficient (Wildman–Crippen LogP) is 7.46. The van der Waals surface area contributed by atoms with Crippen molar-refractivity contribution in [1.29, 1.82) is 0 Å². The molecular weight excluding hydrogens is 650 g/mol. The fourth-order valence-electron chi connectivity index (χ4n) is 5.38. The maximum atomic E-state index is 14.2. The quantitative estimate of drug-likeness (QED) is 0.227. The summed E-state index contributed by atoms with van der Waals surface area (Å²) in [4.78, 5) is 28.9. The van der Waals surface area contributed by atoms with Crippen molar-refractivity contribution in [3.63, 3.8) is 0 Å². The minimum absolute atomic E-state index is 0.0589. The topological polar surface area (TPSA) is 86.8 Å². The zero-order valence-corrected chi connectivity index (χ0v) is 26.9. The first-order valence-electron chi connectivity index (χ1n) is 14.6. The molecule has 0 saturated heterocycles. The van der Waals surface area contributed by atoms with E-state index in [4.69, 9.17) is 23.2 Å². The van der Waals surface area contributed by atoms with Crippen molar-refractivity contribution >= 4 is 50.7 Å². The van der Waals surface area contributed by atoms with Gasteiger partial charge < -0.3 is 10.2 Å².